The van der Waals surface area contributed by atoms with Gasteiger partial charge in [-0.3, -0.25) is 19.1 Å². The van der Waals surface area contributed by atoms with Crippen LogP contribution in [0, 0.1) is 0 Å². The zero-order chi connectivity index (χ0) is 16.9. The highest BCUT2D eigenvalue weighted by Crippen LogP contribution is 2.04. The third kappa shape index (κ3) is 3.98. The number of nitrogens with one attached hydrogen (secondary N) is 1. The van der Waals surface area contributed by atoms with Gasteiger partial charge < -0.3 is 10.1 Å². The van der Waals surface area contributed by atoms with Crippen molar-refractivity contribution in [3.63, 3.8) is 0 Å². The van der Waals surface area contributed by atoms with Crippen LogP contribution in [0.3, 0.4) is 0 Å². The van der Waals surface area contributed by atoms with Crippen LogP contribution in [0.25, 0.3) is 10.9 Å². The van der Waals surface area contributed by atoms with Crippen LogP contribution in [0.1, 0.15) is 6.92 Å². The Bertz CT molecular complexity index is 768. The first-order valence-electron chi connectivity index (χ1n) is 8.17. The summed E-state index contributed by atoms with van der Waals surface area (Å²) in [6, 6.07) is 7.14. The van der Waals surface area contributed by atoms with Gasteiger partial charge in [-0.1, -0.05) is 12.1 Å². The molecule has 128 valence electrons. The second-order valence-corrected chi connectivity index (χ2v) is 6.08. The number of morpholine rings is 1. The predicted molar refractivity (Wildman–Crippen MR) is 90.9 cm³/mol. The molecule has 7 nitrogen and oxygen atoms in total. The molecular weight excluding hydrogens is 308 g/mol. The zero-order valence-corrected chi connectivity index (χ0v) is 13.8. The van der Waals surface area contributed by atoms with E-state index in [0.29, 0.717) is 10.9 Å². The molecule has 1 amide bonds. The van der Waals surface area contributed by atoms with Gasteiger partial charge in [-0.25, -0.2) is 4.98 Å². The molecule has 2 heterocycles. The average molecular weight is 330 g/mol. The van der Waals surface area contributed by atoms with E-state index in [9.17, 15) is 9.59 Å². The molecule has 1 aliphatic heterocycles. The van der Waals surface area contributed by atoms with Crippen molar-refractivity contribution in [3.8, 4) is 0 Å². The highest BCUT2D eigenvalue weighted by atomic mass is 16.5. The van der Waals surface area contributed by atoms with Crippen LogP contribution < -0.4 is 10.9 Å². The number of rotatable bonds is 5. The molecule has 3 rings (SSSR count). The molecule has 0 aliphatic carbocycles. The molecule has 1 unspecified atom stereocenters. The third-order valence-electron chi connectivity index (χ3n) is 4.09. The van der Waals surface area contributed by atoms with Crippen molar-refractivity contribution in [2.45, 2.75) is 19.5 Å². The third-order valence-corrected chi connectivity index (χ3v) is 4.09. The smallest absolute Gasteiger partial charge is 0.261 e. The van der Waals surface area contributed by atoms with Gasteiger partial charge in [0.2, 0.25) is 5.91 Å². The molecular formula is C17H22N4O3. The van der Waals surface area contributed by atoms with E-state index in [1.54, 1.807) is 18.2 Å². The second kappa shape index (κ2) is 7.55. The van der Waals surface area contributed by atoms with Crippen LogP contribution in [0.2, 0.25) is 0 Å². The fourth-order valence-corrected chi connectivity index (χ4v) is 2.91. The fourth-order valence-electron chi connectivity index (χ4n) is 2.91. The van der Waals surface area contributed by atoms with E-state index in [2.05, 4.69) is 15.2 Å². The minimum Gasteiger partial charge on any atom is -0.379 e. The molecule has 1 atom stereocenters. The van der Waals surface area contributed by atoms with Gasteiger partial charge in [-0.05, 0) is 19.1 Å². The molecule has 1 N–H and O–H groups in total. The number of para-hydroxylation sites is 1. The van der Waals surface area contributed by atoms with Crippen molar-refractivity contribution in [1.29, 1.82) is 0 Å². The summed E-state index contributed by atoms with van der Waals surface area (Å²) in [5, 5.41) is 3.46. The van der Waals surface area contributed by atoms with Gasteiger partial charge in [0.1, 0.15) is 6.54 Å². The molecule has 0 spiro atoms. The van der Waals surface area contributed by atoms with E-state index in [0.717, 1.165) is 32.8 Å². The van der Waals surface area contributed by atoms with Crippen LogP contribution in [-0.4, -0.2) is 59.2 Å². The lowest BCUT2D eigenvalue weighted by Gasteiger charge is -2.29. The van der Waals surface area contributed by atoms with E-state index >= 15 is 0 Å². The van der Waals surface area contributed by atoms with Crippen molar-refractivity contribution in [2.24, 2.45) is 0 Å². The number of carbonyl (C=O) groups is 1. The monoisotopic (exact) mass is 330 g/mol. The van der Waals surface area contributed by atoms with Gasteiger partial charge in [0.05, 0.1) is 30.4 Å². The first-order valence-corrected chi connectivity index (χ1v) is 8.17. The van der Waals surface area contributed by atoms with Gasteiger partial charge in [0.15, 0.2) is 0 Å². The maximum atomic E-state index is 12.4. The first-order chi connectivity index (χ1) is 11.6. The van der Waals surface area contributed by atoms with Gasteiger partial charge >= 0.3 is 0 Å². The molecule has 1 saturated heterocycles. The number of benzene rings is 1. The Morgan fingerprint density at radius 1 is 1.33 bits per heavy atom. The zero-order valence-electron chi connectivity index (χ0n) is 13.8. The maximum Gasteiger partial charge on any atom is 0.261 e. The van der Waals surface area contributed by atoms with E-state index in [-0.39, 0.29) is 24.1 Å². The number of carbonyl (C=O) groups excluding carboxylic acids is 1. The van der Waals surface area contributed by atoms with Crippen molar-refractivity contribution >= 4 is 16.8 Å². The lowest BCUT2D eigenvalue weighted by molar-refractivity contribution is -0.122. The quantitative estimate of drug-likeness (QED) is 0.849. The van der Waals surface area contributed by atoms with Crippen LogP contribution in [-0.2, 0) is 16.1 Å². The van der Waals surface area contributed by atoms with Crippen molar-refractivity contribution < 1.29 is 9.53 Å². The Kier molecular flexibility index (Phi) is 5.22. The molecule has 24 heavy (non-hydrogen) atoms. The van der Waals surface area contributed by atoms with Crippen LogP contribution in [0.4, 0.5) is 0 Å². The van der Waals surface area contributed by atoms with Crippen molar-refractivity contribution in [1.82, 2.24) is 19.8 Å². The molecule has 0 radical (unpaired) electrons. The number of ether oxygens (including phenoxy) is 1. The normalized spacial score (nSPS) is 16.9. The van der Waals surface area contributed by atoms with E-state index in [1.165, 1.54) is 10.9 Å². The SMILES string of the molecule is CC(CN1CCOCC1)NC(=O)Cn1cnc2ccccc2c1=O. The summed E-state index contributed by atoms with van der Waals surface area (Å²) in [4.78, 5) is 31.1. The Labute approximate surface area is 140 Å². The summed E-state index contributed by atoms with van der Waals surface area (Å²) >= 11 is 0. The Morgan fingerprint density at radius 3 is 2.88 bits per heavy atom. The summed E-state index contributed by atoms with van der Waals surface area (Å²) in [6.45, 7) is 5.96. The Balaban J connectivity index is 1.60. The molecule has 1 aliphatic rings. The summed E-state index contributed by atoms with van der Waals surface area (Å²) in [6.07, 6.45) is 1.43. The van der Waals surface area contributed by atoms with Crippen LogP contribution >= 0.6 is 0 Å². The van der Waals surface area contributed by atoms with Gasteiger partial charge in [0, 0.05) is 25.7 Å². The maximum absolute atomic E-state index is 12.4. The van der Waals surface area contributed by atoms with E-state index in [4.69, 9.17) is 4.74 Å². The molecule has 0 saturated carbocycles. The predicted octanol–water partition coefficient (Wildman–Crippen LogP) is 0.233. The Morgan fingerprint density at radius 2 is 2.08 bits per heavy atom. The van der Waals surface area contributed by atoms with E-state index < -0.39 is 0 Å². The first kappa shape index (κ1) is 16.6. The highest BCUT2D eigenvalue weighted by molar-refractivity contribution is 5.78. The number of hydrogen-bond donors (Lipinski definition) is 1. The lowest BCUT2D eigenvalue weighted by Crippen LogP contribution is -2.47. The number of aromatic nitrogens is 2. The average Bonchev–Trinajstić information content (AvgIpc) is 2.58. The van der Waals surface area contributed by atoms with Gasteiger partial charge in [-0.15, -0.1) is 0 Å². The summed E-state index contributed by atoms with van der Waals surface area (Å²) in [5.41, 5.74) is 0.441. The van der Waals surface area contributed by atoms with E-state index in [1.807, 2.05) is 13.0 Å². The van der Waals surface area contributed by atoms with Gasteiger partial charge in [-0.2, -0.15) is 0 Å². The van der Waals surface area contributed by atoms with Crippen LogP contribution in [0.15, 0.2) is 35.4 Å². The number of fused-ring (bicyclic) bond motifs is 1. The number of nitrogens with zero attached hydrogens (tertiary/aromatic N) is 3. The lowest BCUT2D eigenvalue weighted by atomic mass is 10.2. The highest BCUT2D eigenvalue weighted by Gasteiger charge is 2.16. The second-order valence-electron chi connectivity index (χ2n) is 6.08. The summed E-state index contributed by atoms with van der Waals surface area (Å²) in [5.74, 6) is -0.185. The fraction of sp³-hybridized carbons (Fsp3) is 0.471. The van der Waals surface area contributed by atoms with Crippen LogP contribution in [0.5, 0.6) is 0 Å². The largest absolute Gasteiger partial charge is 0.379 e. The topological polar surface area (TPSA) is 76.5 Å². The molecule has 1 aromatic carbocycles. The van der Waals surface area contributed by atoms with Crippen molar-refractivity contribution in [2.75, 3.05) is 32.8 Å². The Hall–Kier alpha value is -2.25. The number of hydrogen-bond acceptors (Lipinski definition) is 5. The molecule has 7 heteroatoms. The molecule has 0 bridgehead atoms. The molecule has 2 aromatic rings. The van der Waals surface area contributed by atoms with Crippen molar-refractivity contribution in [3.05, 3.63) is 40.9 Å². The minimum atomic E-state index is -0.198. The summed E-state index contributed by atoms with van der Waals surface area (Å²) < 4.78 is 6.66. The molecule has 1 fully saturated rings. The standard InChI is InChI=1S/C17H22N4O3/c1-13(10-20-6-8-24-9-7-20)19-16(22)11-21-12-18-15-5-3-2-4-14(15)17(21)23/h2-5,12-13H,6-11H2,1H3,(H,19,22). The summed E-state index contributed by atoms with van der Waals surface area (Å²) in [7, 11) is 0. The molecule has 1 aromatic heterocycles. The minimum absolute atomic E-state index is 0.0136. The van der Waals surface area contributed by atoms with Gasteiger partial charge in [0.25, 0.3) is 5.56 Å². The number of amides is 1.